The third-order valence-corrected chi connectivity index (χ3v) is 10.3. The van der Waals surface area contributed by atoms with Crippen LogP contribution in [0, 0.1) is 11.6 Å². The molecule has 2 aromatic heterocycles. The SMILES string of the molecule is CON=C(C(=O)N[C@@H]1C(=O)N2C(C(=O)O)=C(COC(=O)c3cn(CCF)c4c(F)c(N5CCNCC5)c(F)cc4c3=O)CS[C@H]12)c1csc(N)n1. The van der Waals surface area contributed by atoms with Crippen molar-refractivity contribution in [3.05, 3.63) is 62.0 Å². The van der Waals surface area contributed by atoms with Gasteiger partial charge in [-0.2, -0.15) is 0 Å². The number of β-lactam (4-membered cyclic amide) rings is 1. The third-order valence-electron chi connectivity index (χ3n) is 8.28. The number of esters is 1. The summed E-state index contributed by atoms with van der Waals surface area (Å²) in [6.45, 7) is -0.649. The van der Waals surface area contributed by atoms with Crippen molar-refractivity contribution in [2.24, 2.45) is 5.16 Å². The van der Waals surface area contributed by atoms with Gasteiger partial charge in [0.2, 0.25) is 5.43 Å². The summed E-state index contributed by atoms with van der Waals surface area (Å²) in [6.07, 6.45) is 0.917. The second kappa shape index (κ2) is 14.6. The average Bonchev–Trinajstić information content (AvgIpc) is 3.54. The molecule has 270 valence electrons. The van der Waals surface area contributed by atoms with Crippen molar-refractivity contribution in [3.8, 4) is 0 Å². The fraction of sp³-hybridized carbons (Fsp3) is 0.367. The largest absolute Gasteiger partial charge is 0.477 e. The summed E-state index contributed by atoms with van der Waals surface area (Å²) < 4.78 is 51.0. The van der Waals surface area contributed by atoms with Crippen molar-refractivity contribution < 1.29 is 47.0 Å². The molecule has 16 nitrogen and oxygen atoms in total. The normalized spacial score (nSPS) is 19.1. The van der Waals surface area contributed by atoms with Gasteiger partial charge in [0.05, 0.1) is 17.4 Å². The first kappa shape index (κ1) is 35.7. The Labute approximate surface area is 294 Å². The van der Waals surface area contributed by atoms with Crippen LogP contribution < -0.4 is 26.7 Å². The monoisotopic (exact) mass is 750 g/mol. The van der Waals surface area contributed by atoms with Gasteiger partial charge in [-0.15, -0.1) is 23.1 Å². The topological polar surface area (TPSA) is 211 Å². The zero-order valence-corrected chi connectivity index (χ0v) is 28.2. The lowest BCUT2D eigenvalue weighted by Crippen LogP contribution is -2.71. The van der Waals surface area contributed by atoms with E-state index in [4.69, 9.17) is 15.3 Å². The van der Waals surface area contributed by atoms with E-state index in [-0.39, 0.29) is 52.2 Å². The van der Waals surface area contributed by atoms with Crippen LogP contribution in [-0.2, 0) is 30.5 Å². The number of carbonyl (C=O) groups is 4. The van der Waals surface area contributed by atoms with Crippen molar-refractivity contribution in [1.82, 2.24) is 25.1 Å². The van der Waals surface area contributed by atoms with Crippen LogP contribution in [0.2, 0.25) is 0 Å². The highest BCUT2D eigenvalue weighted by molar-refractivity contribution is 8.00. The van der Waals surface area contributed by atoms with Crippen LogP contribution >= 0.6 is 23.1 Å². The molecule has 0 saturated carbocycles. The molecule has 1 aromatic carbocycles. The average molecular weight is 751 g/mol. The van der Waals surface area contributed by atoms with E-state index in [0.717, 1.165) is 44.8 Å². The number of hydrogen-bond donors (Lipinski definition) is 4. The zero-order chi connectivity index (χ0) is 36.6. The number of nitrogens with two attached hydrogens (primary N) is 1. The molecule has 0 unspecified atom stereocenters. The zero-order valence-electron chi connectivity index (χ0n) is 26.6. The summed E-state index contributed by atoms with van der Waals surface area (Å²) in [6, 6.07) is -0.355. The molecule has 3 aromatic rings. The molecule has 2 atom stereocenters. The third kappa shape index (κ3) is 6.58. The minimum Gasteiger partial charge on any atom is -0.477 e. The maximum Gasteiger partial charge on any atom is 0.352 e. The van der Waals surface area contributed by atoms with E-state index in [1.165, 1.54) is 17.4 Å². The van der Waals surface area contributed by atoms with Crippen molar-refractivity contribution in [2.45, 2.75) is 18.0 Å². The predicted octanol–water partition coefficient (Wildman–Crippen LogP) is 0.644. The molecule has 0 spiro atoms. The fourth-order valence-electron chi connectivity index (χ4n) is 5.99. The maximum atomic E-state index is 15.8. The Morgan fingerprint density at radius 1 is 1.24 bits per heavy atom. The van der Waals surface area contributed by atoms with Crippen molar-refractivity contribution in [2.75, 3.05) is 63.0 Å². The Kier molecular flexibility index (Phi) is 10.2. The number of anilines is 2. The van der Waals surface area contributed by atoms with Gasteiger partial charge in [-0.25, -0.2) is 27.7 Å². The standard InChI is InChI=1S/C30H29F3N8O8S2/c1-48-38-19(17-12-51-30(34)36-17)25(43)37-20-26(44)41-21(28(45)46)13(11-50-27(20)41)10-49-29(47)15-9-40(5-2-31)22-14(24(15)42)8-16(32)23(18(22)33)39-6-3-35-4-7-39/h8-9,12,20,27,35H,2-7,10-11H2,1H3,(H2,34,36)(H,37,43)(H,45,46)/t20-,27-/m1/s1. The van der Waals surface area contributed by atoms with Crippen LogP contribution in [0.4, 0.5) is 24.0 Å². The van der Waals surface area contributed by atoms with Crippen LogP contribution in [0.15, 0.2) is 38.9 Å². The van der Waals surface area contributed by atoms with Gasteiger partial charge in [-0.3, -0.25) is 19.3 Å². The number of carbonyl (C=O) groups excluding carboxylic acids is 3. The Hall–Kier alpha value is -5.15. The summed E-state index contributed by atoms with van der Waals surface area (Å²) in [5.74, 6) is -6.56. The molecular formula is C30H29F3N8O8S2. The molecule has 2 amide bonds. The first-order valence-electron chi connectivity index (χ1n) is 15.2. The number of rotatable bonds is 11. The van der Waals surface area contributed by atoms with Gasteiger partial charge in [0, 0.05) is 49.1 Å². The Morgan fingerprint density at radius 2 is 1.98 bits per heavy atom. The molecule has 0 aliphatic carbocycles. The molecule has 5 N–H and O–H groups in total. The number of nitrogens with zero attached hydrogens (tertiary/aromatic N) is 5. The van der Waals surface area contributed by atoms with Crippen molar-refractivity contribution in [1.29, 1.82) is 0 Å². The number of aryl methyl sites for hydroxylation is 1. The molecule has 0 bridgehead atoms. The maximum absolute atomic E-state index is 15.8. The number of nitrogens with one attached hydrogen (secondary N) is 2. The van der Waals surface area contributed by atoms with Gasteiger partial charge in [0.1, 0.15) is 60.3 Å². The Bertz CT molecular complexity index is 2070. The number of carboxylic acids is 1. The number of oxime groups is 1. The molecule has 21 heteroatoms. The summed E-state index contributed by atoms with van der Waals surface area (Å²) >= 11 is 2.12. The van der Waals surface area contributed by atoms with E-state index < -0.39 is 88.7 Å². The van der Waals surface area contributed by atoms with E-state index in [2.05, 4.69) is 20.8 Å². The number of fused-ring (bicyclic) bond motifs is 2. The van der Waals surface area contributed by atoms with Crippen LogP contribution in [0.3, 0.4) is 0 Å². The highest BCUT2D eigenvalue weighted by atomic mass is 32.2. The first-order chi connectivity index (χ1) is 24.5. The number of benzene rings is 1. The van der Waals surface area contributed by atoms with Gasteiger partial charge in [-0.1, -0.05) is 5.16 Å². The Morgan fingerprint density at radius 3 is 2.63 bits per heavy atom. The van der Waals surface area contributed by atoms with Gasteiger partial charge in [-0.05, 0) is 6.07 Å². The van der Waals surface area contributed by atoms with E-state index in [0.29, 0.717) is 13.1 Å². The molecule has 51 heavy (non-hydrogen) atoms. The minimum atomic E-state index is -1.52. The van der Waals surface area contributed by atoms with Crippen LogP contribution in [0.5, 0.6) is 0 Å². The quantitative estimate of drug-likeness (QED) is 0.0919. The number of thioether (sulfide) groups is 1. The minimum absolute atomic E-state index is 0.00238. The van der Waals surface area contributed by atoms with Crippen molar-refractivity contribution in [3.63, 3.8) is 0 Å². The number of ether oxygens (including phenoxy) is 1. The molecule has 2 fully saturated rings. The number of aromatic nitrogens is 2. The van der Waals surface area contributed by atoms with Gasteiger partial charge in [0.15, 0.2) is 16.7 Å². The molecule has 2 saturated heterocycles. The van der Waals surface area contributed by atoms with E-state index in [1.54, 1.807) is 0 Å². The lowest BCUT2D eigenvalue weighted by molar-refractivity contribution is -0.150. The number of alkyl halides is 1. The second-order valence-electron chi connectivity index (χ2n) is 11.3. The molecule has 3 aliphatic heterocycles. The summed E-state index contributed by atoms with van der Waals surface area (Å²) in [5, 5.41) is 19.5. The van der Waals surface area contributed by atoms with Gasteiger partial charge >= 0.3 is 11.9 Å². The summed E-state index contributed by atoms with van der Waals surface area (Å²) in [4.78, 5) is 76.3. The predicted molar refractivity (Wildman–Crippen MR) is 179 cm³/mol. The number of thiazole rings is 1. The number of piperazine rings is 1. The van der Waals surface area contributed by atoms with E-state index >= 15 is 8.78 Å². The van der Waals surface area contributed by atoms with Crippen molar-refractivity contribution >= 4 is 74.3 Å². The number of pyridine rings is 1. The lowest BCUT2D eigenvalue weighted by atomic mass is 10.0. The highest BCUT2D eigenvalue weighted by Gasteiger charge is 2.54. The van der Waals surface area contributed by atoms with Gasteiger partial charge in [0.25, 0.3) is 11.8 Å². The fourth-order valence-corrected chi connectivity index (χ4v) is 7.87. The second-order valence-corrected chi connectivity index (χ2v) is 13.3. The van der Waals surface area contributed by atoms with E-state index in [9.17, 15) is 33.5 Å². The summed E-state index contributed by atoms with van der Waals surface area (Å²) in [7, 11) is 1.21. The molecule has 5 heterocycles. The first-order valence-corrected chi connectivity index (χ1v) is 17.2. The molecule has 0 radical (unpaired) electrons. The van der Waals surface area contributed by atoms with Crippen LogP contribution in [-0.4, -0.2) is 113 Å². The molecule has 6 rings (SSSR count). The molecule has 3 aliphatic rings. The number of nitrogen functional groups attached to an aromatic ring is 1. The number of hydrogen-bond acceptors (Lipinski definition) is 14. The molecular weight excluding hydrogens is 722 g/mol. The smallest absolute Gasteiger partial charge is 0.352 e. The highest BCUT2D eigenvalue weighted by Crippen LogP contribution is 2.40. The van der Waals surface area contributed by atoms with Gasteiger partial charge < -0.3 is 40.5 Å². The Balaban J connectivity index is 1.22. The lowest BCUT2D eigenvalue weighted by Gasteiger charge is -2.49. The van der Waals surface area contributed by atoms with Crippen LogP contribution in [0.25, 0.3) is 10.9 Å². The van der Waals surface area contributed by atoms with E-state index in [1.807, 2.05) is 0 Å². The number of halogens is 3. The number of amides is 2. The van der Waals surface area contributed by atoms with Crippen LogP contribution in [0.1, 0.15) is 16.1 Å². The number of aliphatic carboxylic acids is 1. The number of carboxylic acid groups (broad SMARTS) is 1. The summed E-state index contributed by atoms with van der Waals surface area (Å²) in [5.41, 5.74) is 2.50.